The minimum absolute atomic E-state index is 0.141. The maximum absolute atomic E-state index is 12.4. The van der Waals surface area contributed by atoms with Crippen molar-refractivity contribution in [1.29, 1.82) is 0 Å². The zero-order valence-electron chi connectivity index (χ0n) is 12.2. The molecule has 0 saturated heterocycles. The predicted octanol–water partition coefficient (Wildman–Crippen LogP) is 3.40. The fourth-order valence-electron chi connectivity index (χ4n) is 2.40. The number of nitrogen functional groups attached to an aromatic ring is 1. The van der Waals surface area contributed by atoms with Crippen LogP contribution in [-0.2, 0) is 4.74 Å². The molecule has 0 radical (unpaired) electrons. The molecule has 0 atom stereocenters. The third-order valence-electron chi connectivity index (χ3n) is 3.37. The zero-order valence-corrected chi connectivity index (χ0v) is 12.9. The van der Waals surface area contributed by atoms with Crippen molar-refractivity contribution in [1.82, 2.24) is 4.98 Å². The van der Waals surface area contributed by atoms with Crippen LogP contribution in [0.15, 0.2) is 34.9 Å². The first-order valence-corrected chi connectivity index (χ1v) is 7.26. The number of esters is 1. The summed E-state index contributed by atoms with van der Waals surface area (Å²) in [5.74, 6) is -0.815. The third kappa shape index (κ3) is 2.57. The smallest absolute Gasteiger partial charge is 0.338 e. The van der Waals surface area contributed by atoms with Gasteiger partial charge < -0.3 is 19.9 Å². The number of halogens is 1. The van der Waals surface area contributed by atoms with Crippen molar-refractivity contribution in [2.75, 3.05) is 12.3 Å². The molecule has 118 valence electrons. The lowest BCUT2D eigenvalue weighted by atomic mass is 10.1. The lowest BCUT2D eigenvalue weighted by Crippen LogP contribution is -2.06. The monoisotopic (exact) mass is 332 g/mol. The van der Waals surface area contributed by atoms with Gasteiger partial charge in [0.1, 0.15) is 5.69 Å². The summed E-state index contributed by atoms with van der Waals surface area (Å²) in [5, 5.41) is 0.738. The molecule has 3 aromatic rings. The van der Waals surface area contributed by atoms with Gasteiger partial charge in [-0.1, -0.05) is 11.6 Å². The van der Waals surface area contributed by atoms with Crippen molar-refractivity contribution in [3.63, 3.8) is 0 Å². The number of aromatic nitrogens is 1. The first-order valence-electron chi connectivity index (χ1n) is 6.89. The Morgan fingerprint density at radius 1 is 1.39 bits per heavy atom. The number of ether oxygens (including phenoxy) is 1. The van der Waals surface area contributed by atoms with Crippen molar-refractivity contribution in [3.8, 4) is 0 Å². The Labute approximate surface area is 136 Å². The fraction of sp³-hybridized carbons (Fsp3) is 0.125. The number of rotatable bonds is 4. The van der Waals surface area contributed by atoms with Gasteiger partial charge in [0.05, 0.1) is 29.6 Å². The van der Waals surface area contributed by atoms with E-state index in [1.807, 2.05) is 0 Å². The fourth-order valence-corrected chi connectivity index (χ4v) is 2.62. The first-order chi connectivity index (χ1) is 11.0. The number of aromatic amines is 1. The number of furan rings is 1. The van der Waals surface area contributed by atoms with Gasteiger partial charge in [0.25, 0.3) is 0 Å². The maximum Gasteiger partial charge on any atom is 0.338 e. The molecule has 0 spiro atoms. The van der Waals surface area contributed by atoms with E-state index in [4.69, 9.17) is 26.5 Å². The van der Waals surface area contributed by atoms with E-state index in [0.29, 0.717) is 15.9 Å². The molecule has 3 rings (SSSR count). The van der Waals surface area contributed by atoms with E-state index in [9.17, 15) is 9.59 Å². The minimum Gasteiger partial charge on any atom is -0.462 e. The van der Waals surface area contributed by atoms with Gasteiger partial charge >= 0.3 is 5.97 Å². The predicted molar refractivity (Wildman–Crippen MR) is 85.8 cm³/mol. The molecule has 1 aromatic carbocycles. The summed E-state index contributed by atoms with van der Waals surface area (Å²) in [4.78, 5) is 27.5. The standard InChI is InChI=1S/C16H13ClN2O4/c1-2-22-16(21)9-6-8(17)7-10-12(9)13(18)14(19-10)15(20)11-4-3-5-23-11/h3-7,19H,2,18H2,1H3. The normalized spacial score (nSPS) is 10.9. The number of fused-ring (bicyclic) bond motifs is 1. The summed E-state index contributed by atoms with van der Waals surface area (Å²) in [7, 11) is 0. The van der Waals surface area contributed by atoms with Gasteiger partial charge in [-0.25, -0.2) is 4.79 Å². The highest BCUT2D eigenvalue weighted by Crippen LogP contribution is 2.32. The van der Waals surface area contributed by atoms with Crippen molar-refractivity contribution in [2.45, 2.75) is 6.92 Å². The molecule has 0 bridgehead atoms. The Morgan fingerprint density at radius 2 is 2.17 bits per heavy atom. The SMILES string of the molecule is CCOC(=O)c1cc(Cl)cc2[nH]c(C(=O)c3ccco3)c(N)c12. The summed E-state index contributed by atoms with van der Waals surface area (Å²) in [6.07, 6.45) is 1.40. The van der Waals surface area contributed by atoms with E-state index in [-0.39, 0.29) is 29.3 Å². The Kier molecular flexibility index (Phi) is 3.83. The van der Waals surface area contributed by atoms with Crippen molar-refractivity contribution in [2.24, 2.45) is 0 Å². The van der Waals surface area contributed by atoms with Crippen LogP contribution in [0.1, 0.15) is 33.5 Å². The van der Waals surface area contributed by atoms with Crippen LogP contribution in [0.3, 0.4) is 0 Å². The minimum atomic E-state index is -0.553. The van der Waals surface area contributed by atoms with Crippen LogP contribution in [0.4, 0.5) is 5.69 Å². The van der Waals surface area contributed by atoms with Gasteiger partial charge in [-0.05, 0) is 31.2 Å². The van der Waals surface area contributed by atoms with Gasteiger partial charge in [-0.15, -0.1) is 0 Å². The molecule has 0 amide bonds. The number of hydrogen-bond acceptors (Lipinski definition) is 5. The van der Waals surface area contributed by atoms with E-state index < -0.39 is 11.8 Å². The molecule has 3 N–H and O–H groups in total. The number of carbonyl (C=O) groups is 2. The van der Waals surface area contributed by atoms with Crippen LogP contribution in [0.2, 0.25) is 5.02 Å². The van der Waals surface area contributed by atoms with Crippen LogP contribution in [-0.4, -0.2) is 23.3 Å². The van der Waals surface area contributed by atoms with Gasteiger partial charge in [-0.2, -0.15) is 0 Å². The highest BCUT2D eigenvalue weighted by molar-refractivity contribution is 6.32. The molecular formula is C16H13ClN2O4. The van der Waals surface area contributed by atoms with Crippen molar-refractivity contribution >= 4 is 39.9 Å². The largest absolute Gasteiger partial charge is 0.462 e. The number of H-pyrrole nitrogens is 1. The summed E-state index contributed by atoms with van der Waals surface area (Å²) >= 11 is 6.04. The first kappa shape index (κ1) is 15.2. The second-order valence-electron chi connectivity index (χ2n) is 4.82. The zero-order chi connectivity index (χ0) is 16.6. The van der Waals surface area contributed by atoms with E-state index in [0.717, 1.165) is 0 Å². The molecule has 0 saturated carbocycles. The number of nitrogens with one attached hydrogen (secondary N) is 1. The van der Waals surface area contributed by atoms with Crippen molar-refractivity contribution in [3.05, 3.63) is 52.6 Å². The molecule has 0 aliphatic rings. The number of nitrogens with two attached hydrogens (primary N) is 1. The topological polar surface area (TPSA) is 98.3 Å². The summed E-state index contributed by atoms with van der Waals surface area (Å²) in [5.41, 5.74) is 7.07. The van der Waals surface area contributed by atoms with E-state index in [1.54, 1.807) is 19.1 Å². The summed E-state index contributed by atoms with van der Waals surface area (Å²) < 4.78 is 10.1. The van der Waals surface area contributed by atoms with E-state index in [2.05, 4.69) is 4.98 Å². The lowest BCUT2D eigenvalue weighted by Gasteiger charge is -2.05. The highest BCUT2D eigenvalue weighted by Gasteiger charge is 2.24. The van der Waals surface area contributed by atoms with Crippen molar-refractivity contribution < 1.29 is 18.7 Å². The number of anilines is 1. The third-order valence-corrected chi connectivity index (χ3v) is 3.59. The summed E-state index contributed by atoms with van der Waals surface area (Å²) in [6.45, 7) is 1.92. The quantitative estimate of drug-likeness (QED) is 0.563. The average molecular weight is 333 g/mol. The number of ketones is 1. The Bertz CT molecular complexity index is 897. The molecular weight excluding hydrogens is 320 g/mol. The van der Waals surface area contributed by atoms with Gasteiger partial charge in [0.2, 0.25) is 5.78 Å². The Morgan fingerprint density at radius 3 is 2.83 bits per heavy atom. The Hall–Kier alpha value is -2.73. The van der Waals surface area contributed by atoms with Gasteiger partial charge in [0.15, 0.2) is 5.76 Å². The van der Waals surface area contributed by atoms with Crippen LogP contribution in [0.25, 0.3) is 10.9 Å². The molecule has 0 unspecified atom stereocenters. The Balaban J connectivity index is 2.20. The second kappa shape index (κ2) is 5.81. The van der Waals surface area contributed by atoms with E-state index in [1.165, 1.54) is 18.4 Å². The molecule has 7 heteroatoms. The molecule has 2 heterocycles. The average Bonchev–Trinajstić information content (AvgIpc) is 3.14. The molecule has 6 nitrogen and oxygen atoms in total. The highest BCUT2D eigenvalue weighted by atomic mass is 35.5. The number of benzene rings is 1. The summed E-state index contributed by atoms with van der Waals surface area (Å²) in [6, 6.07) is 6.20. The van der Waals surface area contributed by atoms with Crippen LogP contribution >= 0.6 is 11.6 Å². The van der Waals surface area contributed by atoms with Crippen LogP contribution in [0, 0.1) is 0 Å². The molecule has 0 aliphatic carbocycles. The van der Waals surface area contributed by atoms with Gasteiger partial charge in [-0.3, -0.25) is 4.79 Å². The lowest BCUT2D eigenvalue weighted by molar-refractivity contribution is 0.0528. The second-order valence-corrected chi connectivity index (χ2v) is 5.25. The van der Waals surface area contributed by atoms with Crippen LogP contribution in [0.5, 0.6) is 0 Å². The molecule has 0 aliphatic heterocycles. The van der Waals surface area contributed by atoms with E-state index >= 15 is 0 Å². The molecule has 2 aromatic heterocycles. The van der Waals surface area contributed by atoms with Gasteiger partial charge in [0, 0.05) is 10.4 Å². The number of hydrogen-bond donors (Lipinski definition) is 2. The number of carbonyl (C=O) groups excluding carboxylic acids is 2. The maximum atomic E-state index is 12.4. The molecule has 23 heavy (non-hydrogen) atoms. The van der Waals surface area contributed by atoms with Crippen LogP contribution < -0.4 is 5.73 Å². The molecule has 0 fully saturated rings.